The maximum Gasteiger partial charge on any atom is 0.253 e. The third-order valence-corrected chi connectivity index (χ3v) is 3.83. The van der Waals surface area contributed by atoms with Gasteiger partial charge in [0, 0.05) is 29.3 Å². The molecule has 2 aliphatic heterocycles. The summed E-state index contributed by atoms with van der Waals surface area (Å²) >= 11 is 0. The van der Waals surface area contributed by atoms with Gasteiger partial charge in [-0.15, -0.1) is 0 Å². The van der Waals surface area contributed by atoms with Gasteiger partial charge >= 0.3 is 0 Å². The summed E-state index contributed by atoms with van der Waals surface area (Å²) in [7, 11) is 0. The number of imide groups is 1. The molecule has 0 aromatic heterocycles. The molecule has 0 atom stereocenters. The van der Waals surface area contributed by atoms with Crippen molar-refractivity contribution < 1.29 is 14.8 Å². The first kappa shape index (κ1) is 13.2. The van der Waals surface area contributed by atoms with Crippen LogP contribution < -0.4 is 0 Å². The highest BCUT2D eigenvalue weighted by Gasteiger charge is 2.48. The van der Waals surface area contributed by atoms with Crippen LogP contribution in [0, 0.1) is 0 Å². The quantitative estimate of drug-likeness (QED) is 0.715. The smallest absolute Gasteiger partial charge is 0.253 e. The van der Waals surface area contributed by atoms with Crippen LogP contribution in [0.1, 0.15) is 40.5 Å². The molecular weight excluding hydrogens is 232 g/mol. The fourth-order valence-electron chi connectivity index (χ4n) is 3.17. The van der Waals surface area contributed by atoms with Gasteiger partial charge in [0.15, 0.2) is 0 Å². The van der Waals surface area contributed by atoms with E-state index in [9.17, 15) is 14.8 Å². The molecule has 2 amide bonds. The standard InChI is InChI=1S/C13H20N2O3/c1-12(2)7-9(8-13(3,4)15(12)18)14-10(16)5-6-11(14)17/h5-6,9,18H,7-8H2,1-4H3. The van der Waals surface area contributed by atoms with Crippen LogP contribution in [0.25, 0.3) is 0 Å². The van der Waals surface area contributed by atoms with Gasteiger partial charge in [-0.3, -0.25) is 14.5 Å². The maximum atomic E-state index is 11.7. The van der Waals surface area contributed by atoms with E-state index in [1.165, 1.54) is 22.1 Å². The number of rotatable bonds is 1. The Morgan fingerprint density at radius 1 is 1.06 bits per heavy atom. The van der Waals surface area contributed by atoms with Gasteiger partial charge in [-0.2, -0.15) is 5.06 Å². The molecule has 18 heavy (non-hydrogen) atoms. The molecule has 2 aliphatic rings. The van der Waals surface area contributed by atoms with Crippen LogP contribution in [-0.2, 0) is 9.59 Å². The van der Waals surface area contributed by atoms with Crippen molar-refractivity contribution in [3.63, 3.8) is 0 Å². The van der Waals surface area contributed by atoms with Crippen LogP contribution in [0.15, 0.2) is 12.2 Å². The summed E-state index contributed by atoms with van der Waals surface area (Å²) in [5.41, 5.74) is -0.925. The molecule has 0 aromatic carbocycles. The van der Waals surface area contributed by atoms with E-state index in [-0.39, 0.29) is 17.9 Å². The largest absolute Gasteiger partial charge is 0.313 e. The Kier molecular flexibility index (Phi) is 2.87. The van der Waals surface area contributed by atoms with E-state index in [2.05, 4.69) is 0 Å². The molecule has 2 heterocycles. The SMILES string of the molecule is CC1(C)CC(N2C(=O)C=CC2=O)CC(C)(C)N1O. The van der Waals surface area contributed by atoms with Crippen molar-refractivity contribution in [1.82, 2.24) is 9.96 Å². The van der Waals surface area contributed by atoms with Crippen LogP contribution in [0.2, 0.25) is 0 Å². The van der Waals surface area contributed by atoms with Crippen LogP contribution in [0.5, 0.6) is 0 Å². The van der Waals surface area contributed by atoms with Crippen LogP contribution in [0.4, 0.5) is 0 Å². The predicted octanol–water partition coefficient (Wildman–Crippen LogP) is 1.32. The molecule has 1 saturated heterocycles. The number of nitrogens with zero attached hydrogens (tertiary/aromatic N) is 2. The summed E-state index contributed by atoms with van der Waals surface area (Å²) in [6.07, 6.45) is 3.78. The van der Waals surface area contributed by atoms with Crippen molar-refractivity contribution in [1.29, 1.82) is 0 Å². The molecule has 1 fully saturated rings. The van der Waals surface area contributed by atoms with Gasteiger partial charge in [-0.05, 0) is 40.5 Å². The highest BCUT2D eigenvalue weighted by atomic mass is 16.5. The van der Waals surface area contributed by atoms with E-state index < -0.39 is 11.1 Å². The predicted molar refractivity (Wildman–Crippen MR) is 65.8 cm³/mol. The molecule has 0 aliphatic carbocycles. The number of amides is 2. The zero-order chi connectivity index (χ0) is 13.7. The summed E-state index contributed by atoms with van der Waals surface area (Å²) in [5.74, 6) is -0.494. The van der Waals surface area contributed by atoms with E-state index in [4.69, 9.17) is 0 Å². The lowest BCUT2D eigenvalue weighted by Crippen LogP contribution is -2.63. The van der Waals surface area contributed by atoms with E-state index in [1.807, 2.05) is 27.7 Å². The van der Waals surface area contributed by atoms with Gasteiger partial charge in [-0.25, -0.2) is 0 Å². The molecule has 0 saturated carbocycles. The fourth-order valence-corrected chi connectivity index (χ4v) is 3.17. The Labute approximate surface area is 107 Å². The molecule has 2 rings (SSSR count). The Hall–Kier alpha value is -1.20. The van der Waals surface area contributed by atoms with E-state index in [0.717, 1.165) is 0 Å². The minimum Gasteiger partial charge on any atom is -0.313 e. The number of hydrogen-bond donors (Lipinski definition) is 1. The normalized spacial score (nSPS) is 28.2. The number of hydrogen-bond acceptors (Lipinski definition) is 4. The molecule has 0 radical (unpaired) electrons. The molecule has 1 N–H and O–H groups in total. The zero-order valence-electron chi connectivity index (χ0n) is 11.3. The molecule has 0 unspecified atom stereocenters. The summed E-state index contributed by atoms with van der Waals surface area (Å²) in [5, 5.41) is 11.5. The Balaban J connectivity index is 2.26. The average Bonchev–Trinajstić information content (AvgIpc) is 2.54. The first-order valence-electron chi connectivity index (χ1n) is 6.20. The minimum atomic E-state index is -0.463. The first-order chi connectivity index (χ1) is 8.15. The first-order valence-corrected chi connectivity index (χ1v) is 6.20. The summed E-state index contributed by atoms with van der Waals surface area (Å²) in [6.45, 7) is 7.66. The van der Waals surface area contributed by atoms with Crippen LogP contribution >= 0.6 is 0 Å². The second-order valence-electron chi connectivity index (χ2n) is 6.38. The van der Waals surface area contributed by atoms with Gasteiger partial charge in [0.1, 0.15) is 0 Å². The average molecular weight is 252 g/mol. The zero-order valence-corrected chi connectivity index (χ0v) is 11.3. The topological polar surface area (TPSA) is 60.9 Å². The third-order valence-electron chi connectivity index (χ3n) is 3.83. The third kappa shape index (κ3) is 1.97. The monoisotopic (exact) mass is 252 g/mol. The molecule has 0 spiro atoms. The molecule has 0 aromatic rings. The number of hydroxylamine groups is 2. The Morgan fingerprint density at radius 2 is 1.44 bits per heavy atom. The lowest BCUT2D eigenvalue weighted by atomic mass is 9.78. The van der Waals surface area contributed by atoms with Crippen LogP contribution in [0.3, 0.4) is 0 Å². The van der Waals surface area contributed by atoms with Crippen molar-refractivity contribution in [3.05, 3.63) is 12.2 Å². The van der Waals surface area contributed by atoms with E-state index >= 15 is 0 Å². The lowest BCUT2D eigenvalue weighted by Gasteiger charge is -2.52. The van der Waals surface area contributed by atoms with E-state index in [1.54, 1.807) is 0 Å². The summed E-state index contributed by atoms with van der Waals surface area (Å²) in [4.78, 5) is 24.8. The number of piperidine rings is 1. The maximum absolute atomic E-state index is 11.7. The van der Waals surface area contributed by atoms with E-state index in [0.29, 0.717) is 12.8 Å². The summed E-state index contributed by atoms with van der Waals surface area (Å²) < 4.78 is 0. The van der Waals surface area contributed by atoms with Gasteiger partial charge < -0.3 is 5.21 Å². The van der Waals surface area contributed by atoms with Gasteiger partial charge in [0.05, 0.1) is 0 Å². The molecule has 0 bridgehead atoms. The van der Waals surface area contributed by atoms with Crippen molar-refractivity contribution in [2.24, 2.45) is 0 Å². The van der Waals surface area contributed by atoms with Gasteiger partial charge in [-0.1, -0.05) is 0 Å². The molecule has 100 valence electrons. The Bertz CT molecular complexity index is 390. The van der Waals surface area contributed by atoms with Crippen molar-refractivity contribution in [3.8, 4) is 0 Å². The molecule has 5 nitrogen and oxygen atoms in total. The number of carbonyl (C=O) groups excluding carboxylic acids is 2. The van der Waals surface area contributed by atoms with Gasteiger partial charge in [0.2, 0.25) is 0 Å². The second-order valence-corrected chi connectivity index (χ2v) is 6.38. The number of carbonyl (C=O) groups is 2. The molecular formula is C13H20N2O3. The Morgan fingerprint density at radius 3 is 1.83 bits per heavy atom. The highest BCUT2D eigenvalue weighted by molar-refractivity contribution is 6.13. The molecule has 5 heteroatoms. The fraction of sp³-hybridized carbons (Fsp3) is 0.692. The van der Waals surface area contributed by atoms with Gasteiger partial charge in [0.25, 0.3) is 11.8 Å². The minimum absolute atomic E-state index is 0.159. The summed E-state index contributed by atoms with van der Waals surface area (Å²) in [6, 6.07) is -0.159. The van der Waals surface area contributed by atoms with Crippen molar-refractivity contribution in [2.45, 2.75) is 57.7 Å². The highest BCUT2D eigenvalue weighted by Crippen LogP contribution is 2.39. The van der Waals surface area contributed by atoms with Crippen LogP contribution in [-0.4, -0.2) is 44.1 Å². The lowest BCUT2D eigenvalue weighted by molar-refractivity contribution is -0.250. The van der Waals surface area contributed by atoms with Crippen molar-refractivity contribution in [2.75, 3.05) is 0 Å². The van der Waals surface area contributed by atoms with Crippen molar-refractivity contribution >= 4 is 11.8 Å². The second kappa shape index (κ2) is 3.90.